The average Bonchev–Trinajstić information content (AvgIpc) is 2.27. The Bertz CT molecular complexity index is 442. The van der Waals surface area contributed by atoms with Gasteiger partial charge in [-0.05, 0) is 12.1 Å². The van der Waals surface area contributed by atoms with Crippen molar-refractivity contribution in [1.82, 2.24) is 4.98 Å². The topological polar surface area (TPSA) is 59.1 Å². The minimum Gasteiger partial charge on any atom is -0.387 e. The second kappa shape index (κ2) is 3.74. The first kappa shape index (κ1) is 9.12. The zero-order valence-electron chi connectivity index (χ0n) is 7.72. The summed E-state index contributed by atoms with van der Waals surface area (Å²) in [5.41, 5.74) is 7.07. The lowest BCUT2D eigenvalue weighted by Gasteiger charge is -2.07. The highest BCUT2D eigenvalue weighted by Gasteiger charge is 2.05. The quantitative estimate of drug-likeness (QED) is 0.745. The molecule has 1 atom stereocenters. The van der Waals surface area contributed by atoms with Crippen molar-refractivity contribution in [3.63, 3.8) is 0 Å². The van der Waals surface area contributed by atoms with Crippen molar-refractivity contribution in [3.8, 4) is 0 Å². The lowest BCUT2D eigenvalue weighted by atomic mass is 10.1. The molecule has 0 saturated carbocycles. The highest BCUT2D eigenvalue weighted by molar-refractivity contribution is 5.78. The van der Waals surface area contributed by atoms with Crippen LogP contribution >= 0.6 is 0 Å². The van der Waals surface area contributed by atoms with Gasteiger partial charge in [-0.25, -0.2) is 0 Å². The summed E-state index contributed by atoms with van der Waals surface area (Å²) in [7, 11) is 0. The van der Waals surface area contributed by atoms with Crippen LogP contribution in [-0.2, 0) is 0 Å². The Morgan fingerprint density at radius 1 is 1.36 bits per heavy atom. The standard InChI is InChI=1S/C11H12N2O/c12-6-11(14)9-5-8-3-1-2-4-10(8)13-7-9/h1-5,7,11,14H,6,12H2/t11-/m0/s1. The van der Waals surface area contributed by atoms with E-state index in [2.05, 4.69) is 4.98 Å². The molecular weight excluding hydrogens is 176 g/mol. The molecule has 72 valence electrons. The van der Waals surface area contributed by atoms with Gasteiger partial charge in [-0.1, -0.05) is 18.2 Å². The van der Waals surface area contributed by atoms with Gasteiger partial charge in [0.2, 0.25) is 0 Å². The second-order valence-electron chi connectivity index (χ2n) is 3.21. The van der Waals surface area contributed by atoms with Crippen molar-refractivity contribution in [1.29, 1.82) is 0 Å². The Morgan fingerprint density at radius 3 is 2.93 bits per heavy atom. The van der Waals surface area contributed by atoms with Crippen LogP contribution in [0.25, 0.3) is 10.9 Å². The van der Waals surface area contributed by atoms with E-state index in [-0.39, 0.29) is 6.54 Å². The van der Waals surface area contributed by atoms with Crippen molar-refractivity contribution in [2.24, 2.45) is 5.73 Å². The highest BCUT2D eigenvalue weighted by atomic mass is 16.3. The molecule has 2 aromatic rings. The number of nitrogens with two attached hydrogens (primary N) is 1. The third kappa shape index (κ3) is 1.60. The SMILES string of the molecule is NC[C@H](O)c1cnc2ccccc2c1. The van der Waals surface area contributed by atoms with Crippen LogP contribution in [0.5, 0.6) is 0 Å². The van der Waals surface area contributed by atoms with Crippen LogP contribution in [0.4, 0.5) is 0 Å². The van der Waals surface area contributed by atoms with E-state index >= 15 is 0 Å². The number of aliphatic hydroxyl groups excluding tert-OH is 1. The van der Waals surface area contributed by atoms with Crippen molar-refractivity contribution in [3.05, 3.63) is 42.1 Å². The second-order valence-corrected chi connectivity index (χ2v) is 3.21. The van der Waals surface area contributed by atoms with Gasteiger partial charge in [0.25, 0.3) is 0 Å². The third-order valence-electron chi connectivity index (χ3n) is 2.22. The Morgan fingerprint density at radius 2 is 2.14 bits per heavy atom. The largest absolute Gasteiger partial charge is 0.387 e. The first-order valence-electron chi connectivity index (χ1n) is 4.54. The van der Waals surface area contributed by atoms with Crippen molar-refractivity contribution >= 4 is 10.9 Å². The lowest BCUT2D eigenvalue weighted by molar-refractivity contribution is 0.186. The summed E-state index contributed by atoms with van der Waals surface area (Å²) in [6.07, 6.45) is 1.05. The van der Waals surface area contributed by atoms with Gasteiger partial charge in [-0.15, -0.1) is 0 Å². The number of hydrogen-bond acceptors (Lipinski definition) is 3. The van der Waals surface area contributed by atoms with Gasteiger partial charge >= 0.3 is 0 Å². The molecule has 0 fully saturated rings. The van der Waals surface area contributed by atoms with Crippen LogP contribution < -0.4 is 5.73 Å². The van der Waals surface area contributed by atoms with Gasteiger partial charge in [0, 0.05) is 23.7 Å². The van der Waals surface area contributed by atoms with Crippen molar-refractivity contribution in [2.45, 2.75) is 6.10 Å². The van der Waals surface area contributed by atoms with E-state index in [0.29, 0.717) is 0 Å². The van der Waals surface area contributed by atoms with Crippen LogP contribution in [-0.4, -0.2) is 16.6 Å². The molecular formula is C11H12N2O. The molecule has 1 aromatic carbocycles. The Kier molecular flexibility index (Phi) is 2.43. The van der Waals surface area contributed by atoms with Gasteiger partial charge in [0.15, 0.2) is 0 Å². The summed E-state index contributed by atoms with van der Waals surface area (Å²) < 4.78 is 0. The number of aliphatic hydroxyl groups is 1. The minimum atomic E-state index is -0.618. The maximum absolute atomic E-state index is 9.52. The maximum Gasteiger partial charge on any atom is 0.0927 e. The molecule has 0 aliphatic rings. The number of aromatic nitrogens is 1. The predicted octanol–water partition coefficient (Wildman–Crippen LogP) is 1.23. The predicted molar refractivity (Wildman–Crippen MR) is 55.8 cm³/mol. The molecule has 0 saturated heterocycles. The first-order chi connectivity index (χ1) is 6.81. The average molecular weight is 188 g/mol. The van der Waals surface area contributed by atoms with Crippen LogP contribution in [0.15, 0.2) is 36.5 Å². The van der Waals surface area contributed by atoms with Gasteiger partial charge in [0.1, 0.15) is 0 Å². The molecule has 0 unspecified atom stereocenters. The normalized spacial score (nSPS) is 13.0. The molecule has 0 bridgehead atoms. The molecule has 14 heavy (non-hydrogen) atoms. The fraction of sp³-hybridized carbons (Fsp3) is 0.182. The number of nitrogens with zero attached hydrogens (tertiary/aromatic N) is 1. The Balaban J connectivity index is 2.51. The van der Waals surface area contributed by atoms with Crippen LogP contribution in [0.1, 0.15) is 11.7 Å². The minimum absolute atomic E-state index is 0.222. The van der Waals surface area contributed by atoms with Crippen molar-refractivity contribution < 1.29 is 5.11 Å². The first-order valence-corrected chi connectivity index (χ1v) is 4.54. The van der Waals surface area contributed by atoms with E-state index in [1.165, 1.54) is 0 Å². The molecule has 1 heterocycles. The summed E-state index contributed by atoms with van der Waals surface area (Å²) in [5, 5.41) is 10.5. The van der Waals surface area contributed by atoms with Gasteiger partial charge in [-0.2, -0.15) is 0 Å². The van der Waals surface area contributed by atoms with E-state index in [4.69, 9.17) is 5.73 Å². The van der Waals surface area contributed by atoms with Gasteiger partial charge in [0.05, 0.1) is 11.6 Å². The Labute approximate surface area is 82.2 Å². The number of fused-ring (bicyclic) bond motifs is 1. The van der Waals surface area contributed by atoms with E-state index in [0.717, 1.165) is 16.5 Å². The highest BCUT2D eigenvalue weighted by Crippen LogP contribution is 2.17. The molecule has 0 amide bonds. The zero-order valence-corrected chi connectivity index (χ0v) is 7.72. The van der Waals surface area contributed by atoms with Gasteiger partial charge in [-0.3, -0.25) is 4.98 Å². The molecule has 3 heteroatoms. The molecule has 0 spiro atoms. The van der Waals surface area contributed by atoms with Crippen molar-refractivity contribution in [2.75, 3.05) is 6.54 Å². The molecule has 0 aliphatic heterocycles. The fourth-order valence-electron chi connectivity index (χ4n) is 1.41. The monoisotopic (exact) mass is 188 g/mol. The molecule has 3 nitrogen and oxygen atoms in total. The van der Waals surface area contributed by atoms with E-state index in [1.54, 1.807) is 6.20 Å². The van der Waals surface area contributed by atoms with E-state index in [9.17, 15) is 5.11 Å². The molecule has 0 aliphatic carbocycles. The molecule has 0 radical (unpaired) electrons. The number of para-hydroxylation sites is 1. The van der Waals surface area contributed by atoms with Crippen LogP contribution in [0.3, 0.4) is 0 Å². The fourth-order valence-corrected chi connectivity index (χ4v) is 1.41. The summed E-state index contributed by atoms with van der Waals surface area (Å²) >= 11 is 0. The Hall–Kier alpha value is -1.45. The van der Waals surface area contributed by atoms with E-state index < -0.39 is 6.10 Å². The smallest absolute Gasteiger partial charge is 0.0927 e. The van der Waals surface area contributed by atoms with Crippen LogP contribution in [0.2, 0.25) is 0 Å². The molecule has 1 aromatic heterocycles. The van der Waals surface area contributed by atoms with Gasteiger partial charge < -0.3 is 10.8 Å². The number of hydrogen-bond donors (Lipinski definition) is 2. The maximum atomic E-state index is 9.52. The molecule has 3 N–H and O–H groups in total. The number of rotatable bonds is 2. The summed E-state index contributed by atoms with van der Waals surface area (Å²) in [4.78, 5) is 4.23. The van der Waals surface area contributed by atoms with Crippen LogP contribution in [0, 0.1) is 0 Å². The summed E-state index contributed by atoms with van der Waals surface area (Å²) in [6.45, 7) is 0.222. The molecule has 2 rings (SSSR count). The van der Waals surface area contributed by atoms with E-state index in [1.807, 2.05) is 30.3 Å². The summed E-state index contributed by atoms with van der Waals surface area (Å²) in [5.74, 6) is 0. The number of pyridine rings is 1. The summed E-state index contributed by atoms with van der Waals surface area (Å²) in [6, 6.07) is 9.71. The lowest BCUT2D eigenvalue weighted by Crippen LogP contribution is -2.11. The number of benzene rings is 1. The third-order valence-corrected chi connectivity index (χ3v) is 2.22. The zero-order chi connectivity index (χ0) is 9.97.